The van der Waals surface area contributed by atoms with Gasteiger partial charge in [0.1, 0.15) is 11.5 Å². The number of carbonyl (C=O) groups is 1. The monoisotopic (exact) mass is 439 g/mol. The number of rotatable bonds is 5. The summed E-state index contributed by atoms with van der Waals surface area (Å²) in [7, 11) is 4.95. The van der Waals surface area contributed by atoms with Gasteiger partial charge in [-0.25, -0.2) is 4.99 Å². The Labute approximate surface area is 186 Å². The van der Waals surface area contributed by atoms with Crippen molar-refractivity contribution in [2.75, 3.05) is 52.5 Å². The Balaban J connectivity index is 1.55. The number of benzene rings is 2. The minimum absolute atomic E-state index is 0.0986. The van der Waals surface area contributed by atoms with E-state index in [0.717, 1.165) is 43.2 Å². The maximum Gasteiger partial charge on any atom is 0.266 e. The minimum atomic E-state index is -0.0986. The van der Waals surface area contributed by atoms with Gasteiger partial charge >= 0.3 is 0 Å². The van der Waals surface area contributed by atoms with Crippen LogP contribution in [0.25, 0.3) is 6.08 Å². The van der Waals surface area contributed by atoms with E-state index in [2.05, 4.69) is 22.0 Å². The van der Waals surface area contributed by atoms with Crippen LogP contribution in [0.4, 0.5) is 11.4 Å². The van der Waals surface area contributed by atoms with Crippen molar-refractivity contribution in [1.29, 1.82) is 0 Å². The Morgan fingerprint density at radius 3 is 2.48 bits per heavy atom. The van der Waals surface area contributed by atoms with Crippen molar-refractivity contribution in [2.45, 2.75) is 0 Å². The summed E-state index contributed by atoms with van der Waals surface area (Å²) in [5.74, 6) is 1.28. The quantitative estimate of drug-likeness (QED) is 0.661. The summed E-state index contributed by atoms with van der Waals surface area (Å²) in [6, 6.07) is 13.6. The minimum Gasteiger partial charge on any atom is -0.497 e. The van der Waals surface area contributed by atoms with Crippen LogP contribution in [0.2, 0.25) is 0 Å². The summed E-state index contributed by atoms with van der Waals surface area (Å²) in [6.45, 7) is 3.28. The van der Waals surface area contributed by atoms with Gasteiger partial charge in [-0.3, -0.25) is 9.69 Å². The lowest BCUT2D eigenvalue weighted by Crippen LogP contribution is -2.36. The van der Waals surface area contributed by atoms with Crippen molar-refractivity contribution in [3.8, 4) is 11.5 Å². The molecular weight excluding hydrogens is 414 g/mol. The molecule has 0 unspecified atom stereocenters. The SMILES string of the molecule is COc1ccc(OC)c(/C=C2/SC(=Nc3ccc(N4CCOCC4)cc3)N(C)C2=O)c1. The molecule has 4 rings (SSSR count). The predicted molar refractivity (Wildman–Crippen MR) is 124 cm³/mol. The van der Waals surface area contributed by atoms with Gasteiger partial charge in [0.2, 0.25) is 0 Å². The molecule has 8 heteroatoms. The first-order valence-electron chi connectivity index (χ1n) is 10.00. The second kappa shape index (κ2) is 9.45. The molecule has 2 aliphatic rings. The fourth-order valence-corrected chi connectivity index (χ4v) is 4.39. The van der Waals surface area contributed by atoms with Crippen molar-refractivity contribution in [1.82, 2.24) is 4.90 Å². The number of hydrogen-bond donors (Lipinski definition) is 0. The molecule has 1 amide bonds. The van der Waals surface area contributed by atoms with Gasteiger partial charge in [-0.05, 0) is 60.3 Å². The normalized spacial score (nSPS) is 19.4. The second-order valence-electron chi connectivity index (χ2n) is 7.09. The molecule has 0 aliphatic carbocycles. The summed E-state index contributed by atoms with van der Waals surface area (Å²) >= 11 is 1.35. The lowest BCUT2D eigenvalue weighted by atomic mass is 10.1. The lowest BCUT2D eigenvalue weighted by Gasteiger charge is -2.28. The van der Waals surface area contributed by atoms with E-state index in [9.17, 15) is 4.79 Å². The van der Waals surface area contributed by atoms with E-state index in [1.807, 2.05) is 36.4 Å². The number of morpholine rings is 1. The van der Waals surface area contributed by atoms with Crippen LogP contribution in [0.3, 0.4) is 0 Å². The highest BCUT2D eigenvalue weighted by molar-refractivity contribution is 8.18. The fraction of sp³-hybridized carbons (Fsp3) is 0.304. The van der Waals surface area contributed by atoms with Gasteiger partial charge in [0.25, 0.3) is 5.91 Å². The average molecular weight is 440 g/mol. The molecule has 0 spiro atoms. The number of nitrogens with zero attached hydrogens (tertiary/aromatic N) is 3. The highest BCUT2D eigenvalue weighted by Crippen LogP contribution is 2.36. The highest BCUT2D eigenvalue weighted by Gasteiger charge is 2.30. The van der Waals surface area contributed by atoms with Crippen molar-refractivity contribution in [2.24, 2.45) is 4.99 Å². The Hall–Kier alpha value is -2.97. The van der Waals surface area contributed by atoms with Gasteiger partial charge in [-0.15, -0.1) is 0 Å². The third-order valence-corrected chi connectivity index (χ3v) is 6.24. The van der Waals surface area contributed by atoms with E-state index in [1.54, 1.807) is 26.2 Å². The van der Waals surface area contributed by atoms with Crippen LogP contribution < -0.4 is 14.4 Å². The molecule has 0 N–H and O–H groups in total. The average Bonchev–Trinajstić information content (AvgIpc) is 3.07. The predicted octanol–water partition coefficient (Wildman–Crippen LogP) is 3.77. The molecule has 162 valence electrons. The van der Waals surface area contributed by atoms with Crippen molar-refractivity contribution in [3.05, 3.63) is 52.9 Å². The first-order chi connectivity index (χ1) is 15.1. The number of hydrogen-bond acceptors (Lipinski definition) is 7. The maximum atomic E-state index is 12.8. The van der Waals surface area contributed by atoms with E-state index in [-0.39, 0.29) is 5.91 Å². The van der Waals surface area contributed by atoms with Gasteiger partial charge < -0.3 is 19.1 Å². The standard InChI is InChI=1S/C23H25N3O4S/c1-25-22(27)21(15-16-14-19(28-2)8-9-20(16)29-3)31-23(25)24-17-4-6-18(7-5-17)26-10-12-30-13-11-26/h4-9,14-15H,10-13H2,1-3H3/b21-15+,24-23?. The van der Waals surface area contributed by atoms with Crippen LogP contribution in [0.5, 0.6) is 11.5 Å². The topological polar surface area (TPSA) is 63.6 Å². The fourth-order valence-electron chi connectivity index (χ4n) is 3.42. The molecule has 7 nitrogen and oxygen atoms in total. The zero-order valence-electron chi connectivity index (χ0n) is 17.8. The van der Waals surface area contributed by atoms with E-state index in [0.29, 0.717) is 21.6 Å². The molecule has 2 fully saturated rings. The van der Waals surface area contributed by atoms with Gasteiger partial charge in [0.05, 0.1) is 38.0 Å². The molecular formula is C23H25N3O4S. The summed E-state index contributed by atoms with van der Waals surface area (Å²) < 4.78 is 16.1. The van der Waals surface area contributed by atoms with E-state index in [4.69, 9.17) is 14.2 Å². The number of methoxy groups -OCH3 is 2. The number of ether oxygens (including phenoxy) is 3. The number of anilines is 1. The van der Waals surface area contributed by atoms with Crippen LogP contribution in [-0.4, -0.2) is 63.5 Å². The molecule has 2 aromatic carbocycles. The van der Waals surface area contributed by atoms with Gasteiger partial charge in [0, 0.05) is 31.4 Å². The third-order valence-electron chi connectivity index (χ3n) is 5.18. The van der Waals surface area contributed by atoms with Crippen LogP contribution in [-0.2, 0) is 9.53 Å². The van der Waals surface area contributed by atoms with Crippen molar-refractivity contribution < 1.29 is 19.0 Å². The third kappa shape index (κ3) is 4.70. The van der Waals surface area contributed by atoms with Crippen LogP contribution >= 0.6 is 11.8 Å². The summed E-state index contributed by atoms with van der Waals surface area (Å²) in [4.78, 5) is 21.9. The van der Waals surface area contributed by atoms with Gasteiger partial charge in [-0.1, -0.05) is 0 Å². The molecule has 0 saturated carbocycles. The number of likely N-dealkylation sites (N-methyl/N-ethyl adjacent to an activating group) is 1. The molecule has 0 bridgehead atoms. The number of amidine groups is 1. The van der Waals surface area contributed by atoms with Crippen molar-refractivity contribution in [3.63, 3.8) is 0 Å². The maximum absolute atomic E-state index is 12.8. The number of carbonyl (C=O) groups excluding carboxylic acids is 1. The Morgan fingerprint density at radius 1 is 1.06 bits per heavy atom. The summed E-state index contributed by atoms with van der Waals surface area (Å²) in [5.41, 5.74) is 2.74. The lowest BCUT2D eigenvalue weighted by molar-refractivity contribution is -0.121. The molecule has 2 heterocycles. The number of aliphatic imine (C=N–C) groups is 1. The van der Waals surface area contributed by atoms with E-state index < -0.39 is 0 Å². The Bertz CT molecular complexity index is 1010. The molecule has 0 aromatic heterocycles. The molecule has 0 atom stereocenters. The first kappa shape index (κ1) is 21.3. The van der Waals surface area contributed by atoms with Crippen molar-refractivity contribution >= 4 is 40.3 Å². The summed E-state index contributed by atoms with van der Waals surface area (Å²) in [6.07, 6.45) is 1.81. The second-order valence-corrected chi connectivity index (χ2v) is 8.10. The van der Waals surface area contributed by atoms with Crippen LogP contribution in [0.15, 0.2) is 52.4 Å². The van der Waals surface area contributed by atoms with Gasteiger partial charge in [0.15, 0.2) is 5.17 Å². The highest BCUT2D eigenvalue weighted by atomic mass is 32.2. The van der Waals surface area contributed by atoms with Crippen LogP contribution in [0.1, 0.15) is 5.56 Å². The molecule has 31 heavy (non-hydrogen) atoms. The van der Waals surface area contributed by atoms with E-state index >= 15 is 0 Å². The first-order valence-corrected chi connectivity index (χ1v) is 10.8. The smallest absolute Gasteiger partial charge is 0.266 e. The molecule has 2 aliphatic heterocycles. The van der Waals surface area contributed by atoms with E-state index in [1.165, 1.54) is 11.8 Å². The Kier molecular flexibility index (Phi) is 6.48. The van der Waals surface area contributed by atoms with Gasteiger partial charge in [-0.2, -0.15) is 0 Å². The summed E-state index contributed by atoms with van der Waals surface area (Å²) in [5, 5.41) is 0.636. The Morgan fingerprint density at radius 2 is 1.81 bits per heavy atom. The molecule has 2 saturated heterocycles. The largest absolute Gasteiger partial charge is 0.497 e. The molecule has 2 aromatic rings. The number of thioether (sulfide) groups is 1. The number of amides is 1. The van der Waals surface area contributed by atoms with Crippen LogP contribution in [0, 0.1) is 0 Å². The zero-order valence-corrected chi connectivity index (χ0v) is 18.6. The molecule has 0 radical (unpaired) electrons. The zero-order chi connectivity index (χ0) is 21.8.